The molecule has 0 unspecified atom stereocenters. The van der Waals surface area contributed by atoms with Crippen LogP contribution in [-0.2, 0) is 0 Å². The zero-order valence-corrected chi connectivity index (χ0v) is 2.78. The predicted molar refractivity (Wildman–Crippen MR) is 15.9 cm³/mol. The summed E-state index contributed by atoms with van der Waals surface area (Å²) in [5.74, 6) is 0. The first kappa shape index (κ1) is 5.09. The minimum atomic E-state index is -1.95. The van der Waals surface area contributed by atoms with E-state index in [1.54, 1.807) is 0 Å². The minimum absolute atomic E-state index is 0.181. The van der Waals surface area contributed by atoms with Crippen LogP contribution in [0.3, 0.4) is 0 Å². The summed E-state index contributed by atoms with van der Waals surface area (Å²) in [5, 5.41) is 7.43. The Kier molecular flexibility index (Phi) is 1.98. The Morgan fingerprint density at radius 2 is 2.17 bits per heavy atom. The van der Waals surface area contributed by atoms with Crippen molar-refractivity contribution in [3.63, 3.8) is 0 Å². The molecule has 1 nitrogen and oxygen atoms in total. The zero-order chi connectivity index (χ0) is 4.99. The van der Waals surface area contributed by atoms with E-state index >= 15 is 0 Å². The third-order valence-corrected chi connectivity index (χ3v) is 0.174. The number of rotatable bonds is 0. The highest BCUT2D eigenvalue weighted by molar-refractivity contribution is 5.01. The highest BCUT2D eigenvalue weighted by Gasteiger charge is 1.78. The highest BCUT2D eigenvalue weighted by atomic mass is 19.3. The Hall–Kier alpha value is -0.910. The van der Waals surface area contributed by atoms with Gasteiger partial charge in [0.25, 0.3) is 6.08 Å². The summed E-state index contributed by atoms with van der Waals surface area (Å²) in [6, 6.07) is 1.16. The molecule has 0 spiro atoms. The largest absolute Gasteiger partial charge is 0.280 e. The van der Waals surface area contributed by atoms with Gasteiger partial charge in [-0.15, -0.1) is 0 Å². The second kappa shape index (κ2) is 2.33. The van der Waals surface area contributed by atoms with Crippen LogP contribution in [0, 0.1) is 11.3 Å². The lowest BCUT2D eigenvalue weighted by molar-refractivity contribution is 0.422. The Morgan fingerprint density at radius 3 is 2.17 bits per heavy atom. The normalized spacial score (nSPS) is 6.17. The molecule has 0 rings (SSSR count). The number of hydrogen-bond acceptors (Lipinski definition) is 1. The SMILES string of the molecule is N#CC=C(F)F. The zero-order valence-electron chi connectivity index (χ0n) is 2.78. The van der Waals surface area contributed by atoms with Gasteiger partial charge in [0.1, 0.15) is 0 Å². The average molecular weight is 89.0 g/mol. The van der Waals surface area contributed by atoms with Crippen molar-refractivity contribution in [3.05, 3.63) is 12.2 Å². The molecule has 0 N–H and O–H groups in total. The fraction of sp³-hybridized carbons (Fsp3) is 0. The molecule has 0 saturated heterocycles. The first-order chi connectivity index (χ1) is 2.77. The van der Waals surface area contributed by atoms with Crippen molar-refractivity contribution in [1.82, 2.24) is 0 Å². The fourth-order valence-corrected chi connectivity index (χ4v) is 0.0488. The molecule has 0 radical (unpaired) electrons. The van der Waals surface area contributed by atoms with E-state index in [-0.39, 0.29) is 6.08 Å². The van der Waals surface area contributed by atoms with Crippen molar-refractivity contribution in [2.75, 3.05) is 0 Å². The molecule has 0 fully saturated rings. The molecule has 3 heteroatoms. The quantitative estimate of drug-likeness (QED) is 0.410. The molecule has 0 amide bonds. The number of hydrogen-bond donors (Lipinski definition) is 0. The molecular formula is C3HF2N. The Morgan fingerprint density at radius 1 is 1.67 bits per heavy atom. The predicted octanol–water partition coefficient (Wildman–Crippen LogP) is 1.29. The second-order valence-electron chi connectivity index (χ2n) is 0.563. The van der Waals surface area contributed by atoms with Crippen molar-refractivity contribution >= 4 is 0 Å². The van der Waals surface area contributed by atoms with Crippen LogP contribution in [0.25, 0.3) is 0 Å². The lowest BCUT2D eigenvalue weighted by Crippen LogP contribution is -1.48. The highest BCUT2D eigenvalue weighted by Crippen LogP contribution is 1.92. The summed E-state index contributed by atoms with van der Waals surface area (Å²) >= 11 is 0. The van der Waals surface area contributed by atoms with Crippen LogP contribution < -0.4 is 0 Å². The summed E-state index contributed by atoms with van der Waals surface area (Å²) in [6.45, 7) is 0. The van der Waals surface area contributed by atoms with Crippen molar-refractivity contribution in [2.45, 2.75) is 0 Å². The molecule has 0 aromatic carbocycles. The summed E-state index contributed by atoms with van der Waals surface area (Å²) < 4.78 is 21.3. The molecule has 0 aliphatic rings. The number of halogens is 2. The van der Waals surface area contributed by atoms with E-state index in [1.165, 1.54) is 0 Å². The molecule has 0 atom stereocenters. The molecule has 0 aliphatic carbocycles. The Labute approximate surface area is 33.5 Å². The number of nitrogens with zero attached hydrogens (tertiary/aromatic N) is 1. The van der Waals surface area contributed by atoms with Gasteiger partial charge in [0.2, 0.25) is 0 Å². The van der Waals surface area contributed by atoms with E-state index < -0.39 is 6.08 Å². The lowest BCUT2D eigenvalue weighted by Gasteiger charge is -1.61. The maximum atomic E-state index is 10.7. The lowest BCUT2D eigenvalue weighted by atomic mass is 10.7. The molecule has 32 valence electrons. The smallest absolute Gasteiger partial charge is 0.193 e. The van der Waals surface area contributed by atoms with E-state index in [2.05, 4.69) is 0 Å². The van der Waals surface area contributed by atoms with Crippen LogP contribution >= 0.6 is 0 Å². The first-order valence-electron chi connectivity index (χ1n) is 1.18. The van der Waals surface area contributed by atoms with Gasteiger partial charge in [0, 0.05) is 0 Å². The molecule has 0 heterocycles. The molecule has 0 saturated carbocycles. The van der Waals surface area contributed by atoms with E-state index in [1.807, 2.05) is 0 Å². The van der Waals surface area contributed by atoms with Gasteiger partial charge in [0.15, 0.2) is 0 Å². The van der Waals surface area contributed by atoms with Crippen molar-refractivity contribution in [1.29, 1.82) is 5.26 Å². The second-order valence-corrected chi connectivity index (χ2v) is 0.563. The van der Waals surface area contributed by atoms with Crippen LogP contribution in [0.1, 0.15) is 0 Å². The van der Waals surface area contributed by atoms with Crippen molar-refractivity contribution < 1.29 is 8.78 Å². The van der Waals surface area contributed by atoms with Crippen LogP contribution in [0.4, 0.5) is 8.78 Å². The molecule has 6 heavy (non-hydrogen) atoms. The van der Waals surface area contributed by atoms with Crippen molar-refractivity contribution in [2.24, 2.45) is 0 Å². The van der Waals surface area contributed by atoms with Gasteiger partial charge in [0.05, 0.1) is 12.1 Å². The van der Waals surface area contributed by atoms with Crippen LogP contribution in [0.5, 0.6) is 0 Å². The summed E-state index contributed by atoms with van der Waals surface area (Å²) in [6.07, 6.45) is -1.77. The Balaban J connectivity index is 3.51. The Bertz CT molecular complexity index is 95.9. The van der Waals surface area contributed by atoms with Gasteiger partial charge in [-0.1, -0.05) is 0 Å². The average Bonchev–Trinajstić information content (AvgIpc) is 1.35. The summed E-state index contributed by atoms with van der Waals surface area (Å²) in [4.78, 5) is 0. The van der Waals surface area contributed by atoms with Crippen molar-refractivity contribution in [3.8, 4) is 6.07 Å². The van der Waals surface area contributed by atoms with E-state index in [0.717, 1.165) is 6.07 Å². The van der Waals surface area contributed by atoms with E-state index in [4.69, 9.17) is 5.26 Å². The van der Waals surface area contributed by atoms with Gasteiger partial charge in [-0.2, -0.15) is 14.0 Å². The third kappa shape index (κ3) is 3.09. The third-order valence-electron chi connectivity index (χ3n) is 0.174. The summed E-state index contributed by atoms with van der Waals surface area (Å²) in [7, 11) is 0. The van der Waals surface area contributed by atoms with Gasteiger partial charge < -0.3 is 0 Å². The topological polar surface area (TPSA) is 23.8 Å². The summed E-state index contributed by atoms with van der Waals surface area (Å²) in [5.41, 5.74) is 0. The molecule has 0 bridgehead atoms. The molecule has 0 aliphatic heterocycles. The van der Waals surface area contributed by atoms with Gasteiger partial charge >= 0.3 is 0 Å². The number of nitriles is 1. The van der Waals surface area contributed by atoms with E-state index in [0.29, 0.717) is 0 Å². The fourth-order valence-electron chi connectivity index (χ4n) is 0.0488. The maximum absolute atomic E-state index is 10.7. The van der Waals surface area contributed by atoms with Crippen LogP contribution in [-0.4, -0.2) is 0 Å². The van der Waals surface area contributed by atoms with E-state index in [9.17, 15) is 8.78 Å². The molecule has 0 aromatic heterocycles. The van der Waals surface area contributed by atoms with Crippen LogP contribution in [0.15, 0.2) is 12.2 Å². The monoisotopic (exact) mass is 89.0 g/mol. The van der Waals surface area contributed by atoms with Gasteiger partial charge in [-0.3, -0.25) is 0 Å². The molecule has 0 aromatic rings. The van der Waals surface area contributed by atoms with Gasteiger partial charge in [-0.25, -0.2) is 0 Å². The standard InChI is InChI=1S/C3HF2N/c4-3(5)1-2-6/h1H. The minimum Gasteiger partial charge on any atom is -0.193 e. The van der Waals surface area contributed by atoms with Crippen LogP contribution in [0.2, 0.25) is 0 Å². The number of allylic oxidation sites excluding steroid dienone is 1. The van der Waals surface area contributed by atoms with Gasteiger partial charge in [-0.05, 0) is 0 Å². The maximum Gasteiger partial charge on any atom is 0.280 e. The first-order valence-corrected chi connectivity index (χ1v) is 1.18. The molecular weight excluding hydrogens is 88.0 g/mol.